The van der Waals surface area contributed by atoms with E-state index in [1.165, 1.54) is 0 Å². The molecule has 3 aromatic heterocycles. The molecule has 2 N–H and O–H groups in total. The maximum atomic E-state index is 13.0. The van der Waals surface area contributed by atoms with Crippen molar-refractivity contribution in [2.75, 3.05) is 0 Å². The van der Waals surface area contributed by atoms with Crippen LogP contribution in [0, 0.1) is 17.6 Å². The minimum atomic E-state index is -0.450. The number of benzene rings is 1. The Bertz CT molecular complexity index is 1280. The van der Waals surface area contributed by atoms with Gasteiger partial charge in [0, 0.05) is 23.5 Å². The van der Waals surface area contributed by atoms with Crippen molar-refractivity contribution >= 4 is 18.1 Å². The highest BCUT2D eigenvalue weighted by molar-refractivity contribution is 7.71. The third-order valence-corrected chi connectivity index (χ3v) is 5.28. The van der Waals surface area contributed by atoms with E-state index in [1.807, 2.05) is 45.0 Å². The van der Waals surface area contributed by atoms with Crippen LogP contribution in [0.1, 0.15) is 31.3 Å². The Kier molecular flexibility index (Phi) is 6.22. The van der Waals surface area contributed by atoms with Crippen molar-refractivity contribution in [3.8, 4) is 22.8 Å². The first-order valence-electron chi connectivity index (χ1n) is 10.2. The van der Waals surface area contributed by atoms with E-state index in [-0.39, 0.29) is 18.4 Å². The summed E-state index contributed by atoms with van der Waals surface area (Å²) in [5.41, 5.74) is 2.76. The number of rotatable bonds is 7. The smallest absolute Gasteiger partial charge is 0.249 e. The Morgan fingerprint density at radius 3 is 2.72 bits per heavy atom. The number of nitrogens with one attached hydrogen (secondary N) is 2. The molecule has 0 saturated heterocycles. The number of aryl methyl sites for hydroxylation is 1. The zero-order chi connectivity index (χ0) is 22.7. The first kappa shape index (κ1) is 21.6. The molecule has 164 valence electrons. The highest BCUT2D eigenvalue weighted by Gasteiger charge is 2.25. The zero-order valence-corrected chi connectivity index (χ0v) is 18.8. The van der Waals surface area contributed by atoms with Crippen LogP contribution in [0.25, 0.3) is 22.8 Å². The summed E-state index contributed by atoms with van der Waals surface area (Å²) in [5.74, 6) is 1.18. The molecule has 0 aliphatic heterocycles. The number of pyridine rings is 1. The second-order valence-corrected chi connectivity index (χ2v) is 8.18. The van der Waals surface area contributed by atoms with Crippen LogP contribution in [0.15, 0.2) is 53.3 Å². The van der Waals surface area contributed by atoms with Crippen LogP contribution in [0.4, 0.5) is 0 Å². The van der Waals surface area contributed by atoms with E-state index in [4.69, 9.17) is 16.7 Å². The molecule has 0 aliphatic rings. The van der Waals surface area contributed by atoms with Gasteiger partial charge in [0.2, 0.25) is 17.6 Å². The average molecular weight is 450 g/mol. The van der Waals surface area contributed by atoms with Gasteiger partial charge in [-0.05, 0) is 43.3 Å². The third kappa shape index (κ3) is 4.65. The molecule has 3 heterocycles. The molecule has 0 bridgehead atoms. The molecular formula is C22H23N7O2S. The van der Waals surface area contributed by atoms with Gasteiger partial charge >= 0.3 is 0 Å². The number of carbonyl (C=O) groups is 1. The van der Waals surface area contributed by atoms with E-state index < -0.39 is 6.04 Å². The predicted octanol–water partition coefficient (Wildman–Crippen LogP) is 3.87. The summed E-state index contributed by atoms with van der Waals surface area (Å²) in [4.78, 5) is 21.4. The highest BCUT2D eigenvalue weighted by atomic mass is 32.1. The zero-order valence-electron chi connectivity index (χ0n) is 17.9. The van der Waals surface area contributed by atoms with Crippen LogP contribution < -0.4 is 5.32 Å². The summed E-state index contributed by atoms with van der Waals surface area (Å²) in [6.45, 7) is 5.96. The number of aromatic amines is 1. The van der Waals surface area contributed by atoms with Crippen LogP contribution in [0.3, 0.4) is 0 Å². The van der Waals surface area contributed by atoms with E-state index in [0.717, 1.165) is 16.7 Å². The van der Waals surface area contributed by atoms with Crippen molar-refractivity contribution < 1.29 is 9.32 Å². The van der Waals surface area contributed by atoms with Gasteiger partial charge in [0.05, 0.1) is 0 Å². The van der Waals surface area contributed by atoms with E-state index >= 15 is 0 Å². The summed E-state index contributed by atoms with van der Waals surface area (Å²) >= 11 is 5.36. The second-order valence-electron chi connectivity index (χ2n) is 7.79. The first-order valence-corrected chi connectivity index (χ1v) is 10.6. The molecule has 9 nitrogen and oxygen atoms in total. The van der Waals surface area contributed by atoms with Gasteiger partial charge in [0.25, 0.3) is 0 Å². The molecule has 0 spiro atoms. The van der Waals surface area contributed by atoms with E-state index in [1.54, 1.807) is 29.1 Å². The summed E-state index contributed by atoms with van der Waals surface area (Å²) in [7, 11) is 0. The Morgan fingerprint density at radius 1 is 1.22 bits per heavy atom. The fourth-order valence-electron chi connectivity index (χ4n) is 3.32. The van der Waals surface area contributed by atoms with E-state index in [0.29, 0.717) is 22.3 Å². The average Bonchev–Trinajstić information content (AvgIpc) is 3.40. The fraction of sp³-hybridized carbons (Fsp3) is 0.273. The van der Waals surface area contributed by atoms with Gasteiger partial charge in [0.15, 0.2) is 10.6 Å². The van der Waals surface area contributed by atoms with Gasteiger partial charge in [-0.3, -0.25) is 19.4 Å². The maximum absolute atomic E-state index is 13.0. The van der Waals surface area contributed by atoms with Gasteiger partial charge in [-0.1, -0.05) is 42.8 Å². The molecule has 4 rings (SSSR count). The highest BCUT2D eigenvalue weighted by Crippen LogP contribution is 2.24. The Balaban J connectivity index is 1.54. The van der Waals surface area contributed by atoms with Crippen molar-refractivity contribution in [2.45, 2.75) is 33.4 Å². The summed E-state index contributed by atoms with van der Waals surface area (Å²) in [6.07, 6.45) is 3.32. The van der Waals surface area contributed by atoms with Crippen molar-refractivity contribution in [1.82, 2.24) is 35.2 Å². The molecule has 1 aromatic carbocycles. The van der Waals surface area contributed by atoms with Gasteiger partial charge in [-0.2, -0.15) is 10.1 Å². The molecule has 1 amide bonds. The molecule has 4 aromatic rings. The van der Waals surface area contributed by atoms with E-state index in [9.17, 15) is 4.79 Å². The van der Waals surface area contributed by atoms with Gasteiger partial charge in [0.1, 0.15) is 12.6 Å². The number of amides is 1. The number of carbonyl (C=O) groups excluding carboxylic acids is 1. The predicted molar refractivity (Wildman–Crippen MR) is 121 cm³/mol. The summed E-state index contributed by atoms with van der Waals surface area (Å²) in [5, 5.41) is 14.1. The van der Waals surface area contributed by atoms with Crippen LogP contribution in [0.5, 0.6) is 0 Å². The summed E-state index contributed by atoms with van der Waals surface area (Å²) < 4.78 is 7.51. The quantitative estimate of drug-likeness (QED) is 0.412. The van der Waals surface area contributed by atoms with Crippen LogP contribution in [-0.2, 0) is 11.3 Å². The van der Waals surface area contributed by atoms with Crippen molar-refractivity contribution in [2.24, 2.45) is 5.92 Å². The van der Waals surface area contributed by atoms with Crippen LogP contribution >= 0.6 is 12.2 Å². The number of hydrogen-bond acceptors (Lipinski definition) is 7. The lowest BCUT2D eigenvalue weighted by molar-refractivity contribution is -0.123. The van der Waals surface area contributed by atoms with Crippen molar-refractivity contribution in [3.05, 3.63) is 65.0 Å². The molecule has 0 aliphatic carbocycles. The number of aromatic nitrogens is 6. The molecule has 0 saturated carbocycles. The van der Waals surface area contributed by atoms with Gasteiger partial charge in [-0.25, -0.2) is 0 Å². The lowest BCUT2D eigenvalue weighted by Crippen LogP contribution is -2.34. The Labute approximate surface area is 189 Å². The number of H-pyrrole nitrogens is 1. The second kappa shape index (κ2) is 9.23. The minimum absolute atomic E-state index is 0.00712. The molecule has 0 radical (unpaired) electrons. The molecule has 32 heavy (non-hydrogen) atoms. The van der Waals surface area contributed by atoms with Crippen LogP contribution in [-0.4, -0.2) is 35.8 Å². The van der Waals surface area contributed by atoms with Gasteiger partial charge < -0.3 is 9.84 Å². The topological polar surface area (TPSA) is 115 Å². The van der Waals surface area contributed by atoms with E-state index in [2.05, 4.69) is 30.6 Å². The monoisotopic (exact) mass is 449 g/mol. The Hall–Kier alpha value is -3.66. The SMILES string of the molecule is Cc1cccc(-c2n[nH]c(=S)n2CC(=O)NC(c2nc(-c3ccncc3)no2)C(C)C)c1. The summed E-state index contributed by atoms with van der Waals surface area (Å²) in [6, 6.07) is 11.0. The first-order chi connectivity index (χ1) is 15.4. The number of nitrogens with zero attached hydrogens (tertiary/aromatic N) is 5. The standard InChI is InChI=1S/C22H23N7O2S/c1-13(2)18(21-25-19(28-31-21)15-7-9-23-10-8-15)24-17(30)12-29-20(26-27-22(29)32)16-6-4-5-14(3)11-16/h4-11,13,18H,12H2,1-3H3,(H,24,30)(H,27,32). The maximum Gasteiger partial charge on any atom is 0.249 e. The largest absolute Gasteiger partial charge is 0.342 e. The fourth-order valence-corrected chi connectivity index (χ4v) is 3.52. The lowest BCUT2D eigenvalue weighted by Gasteiger charge is -2.19. The normalized spacial score (nSPS) is 12.1. The molecular weight excluding hydrogens is 426 g/mol. The Morgan fingerprint density at radius 2 is 2.00 bits per heavy atom. The number of hydrogen-bond donors (Lipinski definition) is 2. The van der Waals surface area contributed by atoms with Crippen molar-refractivity contribution in [3.63, 3.8) is 0 Å². The molecule has 1 unspecified atom stereocenters. The molecule has 0 fully saturated rings. The van der Waals surface area contributed by atoms with Crippen LogP contribution in [0.2, 0.25) is 0 Å². The molecule has 10 heteroatoms. The van der Waals surface area contributed by atoms with Gasteiger partial charge in [-0.15, -0.1) is 0 Å². The lowest BCUT2D eigenvalue weighted by atomic mass is 10.0. The third-order valence-electron chi connectivity index (χ3n) is 4.97. The van der Waals surface area contributed by atoms with Crippen molar-refractivity contribution in [1.29, 1.82) is 0 Å². The minimum Gasteiger partial charge on any atom is -0.342 e. The molecule has 1 atom stereocenters.